The number of methoxy groups -OCH3 is 1. The average Bonchev–Trinajstić information content (AvgIpc) is 3.23. The van der Waals surface area contributed by atoms with E-state index < -0.39 is 22.1 Å². The molecule has 0 saturated carbocycles. The number of amidine groups is 1. The van der Waals surface area contributed by atoms with Crippen LogP contribution in [0.25, 0.3) is 0 Å². The quantitative estimate of drug-likeness (QED) is 0.549. The zero-order valence-electron chi connectivity index (χ0n) is 18.6. The number of hydrogen-bond donors (Lipinski definition) is 2. The highest BCUT2D eigenvalue weighted by molar-refractivity contribution is 8.15. The number of thioether (sulfide) groups is 1. The first-order valence-electron chi connectivity index (χ1n) is 10.7. The lowest BCUT2D eigenvalue weighted by atomic mass is 9.84. The van der Waals surface area contributed by atoms with Crippen LogP contribution in [0.2, 0.25) is 0 Å². The lowest BCUT2D eigenvalue weighted by Crippen LogP contribution is -2.51. The van der Waals surface area contributed by atoms with E-state index in [0.29, 0.717) is 5.17 Å². The maximum Gasteiger partial charge on any atom is 0.275 e. The maximum absolute atomic E-state index is 16.2. The zero-order valence-corrected chi connectivity index (χ0v) is 19.4. The van der Waals surface area contributed by atoms with Crippen LogP contribution < -0.4 is 15.4 Å². The van der Waals surface area contributed by atoms with Gasteiger partial charge in [-0.1, -0.05) is 30.0 Å². The summed E-state index contributed by atoms with van der Waals surface area (Å²) in [4.78, 5) is 25.0. The molecule has 2 aliphatic rings. The molecule has 0 unspecified atom stereocenters. The Balaban J connectivity index is 1.44. The Bertz CT molecular complexity index is 1280. The Morgan fingerprint density at radius 2 is 1.94 bits per heavy atom. The van der Waals surface area contributed by atoms with Crippen LogP contribution in [0.1, 0.15) is 16.1 Å². The largest absolute Gasteiger partial charge is 0.480 e. The predicted octanol–water partition coefficient (Wildman–Crippen LogP) is 4.03. The molecule has 2 atom stereocenters. The Morgan fingerprint density at radius 3 is 2.69 bits per heavy atom. The van der Waals surface area contributed by atoms with Crippen molar-refractivity contribution >= 4 is 34.2 Å². The standard InChI is InChI=1S/C24H21F2N5O3S/c1-33-20-11-27-19(10-28-20)21(32)30-16-7-8-18(25)17(9-16)24-14-34-13-23(24,26)12-29-22(35-24)31-15-5-3-2-4-6-15/h2-11H,12-14H2,1H3,(H,29,31)(H,30,32)/t23-,24-/m1/s1. The van der Waals surface area contributed by atoms with Crippen molar-refractivity contribution in [3.63, 3.8) is 0 Å². The summed E-state index contributed by atoms with van der Waals surface area (Å²) in [5.41, 5.74) is -0.727. The van der Waals surface area contributed by atoms with E-state index in [1.54, 1.807) is 0 Å². The molecule has 1 fully saturated rings. The SMILES string of the molecule is COc1cnc(C(=O)Nc2ccc(F)c([C@]34COC[C@]3(F)CN=C(Nc3ccccc3)S4)c2)cn1. The van der Waals surface area contributed by atoms with Crippen molar-refractivity contribution in [2.24, 2.45) is 4.99 Å². The number of benzene rings is 2. The number of nitrogens with zero attached hydrogens (tertiary/aromatic N) is 3. The van der Waals surface area contributed by atoms with E-state index in [1.807, 2.05) is 30.3 Å². The number of alkyl halides is 1. The van der Waals surface area contributed by atoms with Crippen LogP contribution >= 0.6 is 11.8 Å². The van der Waals surface area contributed by atoms with Gasteiger partial charge in [0.05, 0.1) is 39.3 Å². The lowest BCUT2D eigenvalue weighted by Gasteiger charge is -2.41. The molecule has 2 aromatic carbocycles. The maximum atomic E-state index is 16.2. The summed E-state index contributed by atoms with van der Waals surface area (Å²) in [5.74, 6) is -0.886. The fraction of sp³-hybridized carbons (Fsp3) is 0.250. The number of carbonyl (C=O) groups excluding carboxylic acids is 1. The summed E-state index contributed by atoms with van der Waals surface area (Å²) in [6.07, 6.45) is 2.58. The molecule has 5 rings (SSSR count). The van der Waals surface area contributed by atoms with E-state index in [2.05, 4.69) is 25.6 Å². The number of halogens is 2. The molecule has 0 aliphatic carbocycles. The van der Waals surface area contributed by atoms with Crippen molar-refractivity contribution in [3.05, 3.63) is 78.0 Å². The number of rotatable bonds is 5. The van der Waals surface area contributed by atoms with Crippen LogP contribution in [-0.2, 0) is 9.48 Å². The van der Waals surface area contributed by atoms with Crippen LogP contribution in [0.3, 0.4) is 0 Å². The van der Waals surface area contributed by atoms with Crippen LogP contribution in [0.15, 0.2) is 65.9 Å². The molecule has 2 N–H and O–H groups in total. The molecule has 8 nitrogen and oxygen atoms in total. The summed E-state index contributed by atoms with van der Waals surface area (Å²) in [6, 6.07) is 13.4. The Hall–Kier alpha value is -3.57. The fourth-order valence-corrected chi connectivity index (χ4v) is 5.36. The summed E-state index contributed by atoms with van der Waals surface area (Å²) >= 11 is 1.09. The number of carbonyl (C=O) groups is 1. The molecule has 2 aliphatic heterocycles. The summed E-state index contributed by atoms with van der Waals surface area (Å²) < 4.78 is 40.5. The van der Waals surface area contributed by atoms with E-state index in [-0.39, 0.29) is 42.6 Å². The number of fused-ring (bicyclic) bond motifs is 1. The van der Waals surface area contributed by atoms with Gasteiger partial charge in [-0.2, -0.15) is 0 Å². The third-order valence-electron chi connectivity index (χ3n) is 5.86. The van der Waals surface area contributed by atoms with E-state index in [9.17, 15) is 4.79 Å². The molecule has 3 heterocycles. The minimum absolute atomic E-state index is 0.0485. The van der Waals surface area contributed by atoms with Gasteiger partial charge in [0.2, 0.25) is 5.88 Å². The number of nitrogens with one attached hydrogen (secondary N) is 2. The second-order valence-corrected chi connectivity index (χ2v) is 9.38. The number of anilines is 2. The monoisotopic (exact) mass is 497 g/mol. The topological polar surface area (TPSA) is 97.7 Å². The summed E-state index contributed by atoms with van der Waals surface area (Å²) in [5, 5.41) is 6.31. The smallest absolute Gasteiger partial charge is 0.275 e. The molecular formula is C24H21F2N5O3S. The van der Waals surface area contributed by atoms with Gasteiger partial charge in [0.15, 0.2) is 10.8 Å². The van der Waals surface area contributed by atoms with Crippen LogP contribution in [0.5, 0.6) is 5.88 Å². The first-order valence-corrected chi connectivity index (χ1v) is 11.5. The van der Waals surface area contributed by atoms with Gasteiger partial charge in [-0.15, -0.1) is 0 Å². The minimum Gasteiger partial charge on any atom is -0.480 e. The molecule has 0 radical (unpaired) electrons. The molecule has 180 valence electrons. The molecule has 0 spiro atoms. The first-order chi connectivity index (χ1) is 16.9. The van der Waals surface area contributed by atoms with Crippen molar-refractivity contribution < 1.29 is 23.0 Å². The highest BCUT2D eigenvalue weighted by atomic mass is 32.2. The second kappa shape index (κ2) is 9.23. The highest BCUT2D eigenvalue weighted by Crippen LogP contribution is 2.55. The molecular weight excluding hydrogens is 476 g/mol. The van der Waals surface area contributed by atoms with Crippen molar-refractivity contribution in [1.29, 1.82) is 0 Å². The number of para-hydroxylation sites is 1. The Kier molecular flexibility index (Phi) is 6.12. The van der Waals surface area contributed by atoms with Crippen molar-refractivity contribution in [3.8, 4) is 5.88 Å². The van der Waals surface area contributed by atoms with Gasteiger partial charge in [-0.05, 0) is 30.3 Å². The number of amides is 1. The van der Waals surface area contributed by atoms with Crippen LogP contribution in [-0.4, -0.2) is 53.6 Å². The van der Waals surface area contributed by atoms with E-state index >= 15 is 8.78 Å². The lowest BCUT2D eigenvalue weighted by molar-refractivity contribution is 0.102. The second-order valence-electron chi connectivity index (χ2n) is 8.09. The number of ether oxygens (including phenoxy) is 2. The molecule has 1 amide bonds. The van der Waals surface area contributed by atoms with Gasteiger partial charge in [0.25, 0.3) is 5.91 Å². The van der Waals surface area contributed by atoms with Crippen molar-refractivity contribution in [1.82, 2.24) is 9.97 Å². The molecule has 0 bridgehead atoms. The molecule has 3 aromatic rings. The van der Waals surface area contributed by atoms with E-state index in [0.717, 1.165) is 17.4 Å². The van der Waals surface area contributed by atoms with Gasteiger partial charge >= 0.3 is 0 Å². The third-order valence-corrected chi connectivity index (χ3v) is 7.33. The van der Waals surface area contributed by atoms with Gasteiger partial charge in [-0.25, -0.2) is 18.7 Å². The van der Waals surface area contributed by atoms with Crippen molar-refractivity contribution in [2.75, 3.05) is 37.5 Å². The number of aliphatic imine (C=N–C) groups is 1. The Morgan fingerprint density at radius 1 is 1.11 bits per heavy atom. The van der Waals surface area contributed by atoms with Crippen LogP contribution in [0.4, 0.5) is 20.2 Å². The van der Waals surface area contributed by atoms with Gasteiger partial charge < -0.3 is 20.1 Å². The minimum atomic E-state index is -1.93. The number of aromatic nitrogens is 2. The normalized spacial score (nSPS) is 23.2. The summed E-state index contributed by atoms with van der Waals surface area (Å²) in [6.45, 7) is -0.450. The van der Waals surface area contributed by atoms with Gasteiger partial charge in [-0.3, -0.25) is 9.79 Å². The van der Waals surface area contributed by atoms with Gasteiger partial charge in [0, 0.05) is 16.9 Å². The van der Waals surface area contributed by atoms with E-state index in [1.165, 1.54) is 37.7 Å². The fourth-order valence-electron chi connectivity index (χ4n) is 4.02. The Labute approximate surface area is 204 Å². The van der Waals surface area contributed by atoms with E-state index in [4.69, 9.17) is 9.47 Å². The molecule has 11 heteroatoms. The summed E-state index contributed by atoms with van der Waals surface area (Å²) in [7, 11) is 1.44. The molecule has 35 heavy (non-hydrogen) atoms. The van der Waals surface area contributed by atoms with Gasteiger partial charge in [0.1, 0.15) is 16.3 Å². The third kappa shape index (κ3) is 4.32. The highest BCUT2D eigenvalue weighted by Gasteiger charge is 2.62. The first kappa shape index (κ1) is 23.2. The zero-order chi connectivity index (χ0) is 24.5. The average molecular weight is 498 g/mol. The number of hydrogen-bond acceptors (Lipinski definition) is 8. The molecule has 1 saturated heterocycles. The molecule has 1 aromatic heterocycles. The predicted molar refractivity (Wildman–Crippen MR) is 129 cm³/mol. The van der Waals surface area contributed by atoms with Crippen molar-refractivity contribution in [2.45, 2.75) is 10.4 Å². The van der Waals surface area contributed by atoms with Crippen LogP contribution in [0, 0.1) is 5.82 Å².